The second kappa shape index (κ2) is 4.72. The number of nitrogens with one attached hydrogen (secondary N) is 1. The van der Waals surface area contributed by atoms with Crippen LogP contribution in [0.25, 0.3) is 0 Å². The molecule has 0 saturated carbocycles. The predicted molar refractivity (Wildman–Crippen MR) is 67.7 cm³/mol. The molecule has 2 heterocycles. The highest BCUT2D eigenvalue weighted by Gasteiger charge is 2.38. The van der Waals surface area contributed by atoms with E-state index in [4.69, 9.17) is 10.5 Å². The van der Waals surface area contributed by atoms with Crippen LogP contribution in [0.3, 0.4) is 0 Å². The molecule has 1 aromatic rings. The highest BCUT2D eigenvalue weighted by Crippen LogP contribution is 2.20. The fraction of sp³-hybridized carbons (Fsp3) is 0.455. The van der Waals surface area contributed by atoms with Crippen molar-refractivity contribution in [3.8, 4) is 0 Å². The summed E-state index contributed by atoms with van der Waals surface area (Å²) in [6.07, 6.45) is 2.19. The van der Waals surface area contributed by atoms with E-state index in [9.17, 15) is 4.79 Å². The number of hydrogen-bond donors (Lipinski definition) is 2. The lowest BCUT2D eigenvalue weighted by atomic mass is 9.99. The van der Waals surface area contributed by atoms with Gasteiger partial charge in [0.15, 0.2) is 0 Å². The van der Waals surface area contributed by atoms with Crippen molar-refractivity contribution in [2.45, 2.75) is 18.9 Å². The largest absolute Gasteiger partial charge is 0.379 e. The first kappa shape index (κ1) is 12.5. The van der Waals surface area contributed by atoms with Gasteiger partial charge >= 0.3 is 0 Å². The molecular weight excluding hydrogens is 286 g/mol. The molecule has 2 rings (SSSR count). The van der Waals surface area contributed by atoms with Crippen molar-refractivity contribution in [3.05, 3.63) is 22.3 Å². The maximum atomic E-state index is 12.0. The Morgan fingerprint density at radius 3 is 3.06 bits per heavy atom. The summed E-state index contributed by atoms with van der Waals surface area (Å²) in [5, 5.41) is 2.72. The SMILES string of the molecule is Cc1cc(NC(=O)C2(N)CCOC2)ncc1Br. The molecule has 1 saturated heterocycles. The number of amides is 1. The van der Waals surface area contributed by atoms with Crippen molar-refractivity contribution >= 4 is 27.7 Å². The monoisotopic (exact) mass is 299 g/mol. The predicted octanol–water partition coefficient (Wildman–Crippen LogP) is 1.21. The van der Waals surface area contributed by atoms with Crippen LogP contribution < -0.4 is 11.1 Å². The number of carbonyl (C=O) groups excluding carboxylic acids is 1. The topological polar surface area (TPSA) is 77.2 Å². The third kappa shape index (κ3) is 2.65. The molecule has 1 aromatic heterocycles. The third-order valence-electron chi connectivity index (χ3n) is 2.79. The first-order chi connectivity index (χ1) is 8.01. The van der Waals surface area contributed by atoms with Crippen molar-refractivity contribution in [2.75, 3.05) is 18.5 Å². The summed E-state index contributed by atoms with van der Waals surface area (Å²) in [5.41, 5.74) is 6.02. The number of rotatable bonds is 2. The molecule has 0 radical (unpaired) electrons. The molecule has 0 bridgehead atoms. The van der Waals surface area contributed by atoms with E-state index >= 15 is 0 Å². The number of nitrogens with two attached hydrogens (primary N) is 1. The Labute approximate surface area is 108 Å². The van der Waals surface area contributed by atoms with E-state index in [1.807, 2.05) is 6.92 Å². The van der Waals surface area contributed by atoms with E-state index in [1.54, 1.807) is 12.3 Å². The van der Waals surface area contributed by atoms with Gasteiger partial charge in [0.2, 0.25) is 5.91 Å². The van der Waals surface area contributed by atoms with Crippen LogP contribution in [-0.2, 0) is 9.53 Å². The number of hydrogen-bond acceptors (Lipinski definition) is 4. The Hall–Kier alpha value is -0.980. The zero-order valence-corrected chi connectivity index (χ0v) is 11.1. The van der Waals surface area contributed by atoms with Crippen LogP contribution in [0.5, 0.6) is 0 Å². The first-order valence-electron chi connectivity index (χ1n) is 5.31. The zero-order chi connectivity index (χ0) is 12.5. The van der Waals surface area contributed by atoms with E-state index in [0.717, 1.165) is 10.0 Å². The first-order valence-corrected chi connectivity index (χ1v) is 6.11. The van der Waals surface area contributed by atoms with Gasteiger partial charge in [-0.05, 0) is 40.9 Å². The Bertz CT molecular complexity index is 444. The summed E-state index contributed by atoms with van der Waals surface area (Å²) in [6, 6.07) is 1.79. The minimum absolute atomic E-state index is 0.246. The highest BCUT2D eigenvalue weighted by atomic mass is 79.9. The van der Waals surface area contributed by atoms with E-state index in [0.29, 0.717) is 18.8 Å². The van der Waals surface area contributed by atoms with Gasteiger partial charge in [-0.15, -0.1) is 0 Å². The van der Waals surface area contributed by atoms with Crippen molar-refractivity contribution in [1.82, 2.24) is 4.98 Å². The van der Waals surface area contributed by atoms with Crippen molar-refractivity contribution in [2.24, 2.45) is 5.73 Å². The van der Waals surface area contributed by atoms with Gasteiger partial charge in [-0.1, -0.05) is 0 Å². The normalized spacial score (nSPS) is 23.7. The third-order valence-corrected chi connectivity index (χ3v) is 3.62. The van der Waals surface area contributed by atoms with Gasteiger partial charge in [-0.2, -0.15) is 0 Å². The number of aromatic nitrogens is 1. The van der Waals surface area contributed by atoms with Gasteiger partial charge < -0.3 is 15.8 Å². The summed E-state index contributed by atoms with van der Waals surface area (Å²) >= 11 is 3.35. The molecule has 17 heavy (non-hydrogen) atoms. The molecule has 1 unspecified atom stereocenters. The fourth-order valence-corrected chi connectivity index (χ4v) is 1.83. The summed E-state index contributed by atoms with van der Waals surface area (Å²) < 4.78 is 6.05. The van der Waals surface area contributed by atoms with Crippen LogP contribution in [0.15, 0.2) is 16.7 Å². The van der Waals surface area contributed by atoms with E-state index in [-0.39, 0.29) is 12.5 Å². The minimum Gasteiger partial charge on any atom is -0.379 e. The number of aryl methyl sites for hydroxylation is 1. The molecule has 0 aliphatic carbocycles. The molecule has 1 aliphatic rings. The number of pyridine rings is 1. The van der Waals surface area contributed by atoms with Crippen molar-refractivity contribution < 1.29 is 9.53 Å². The summed E-state index contributed by atoms with van der Waals surface area (Å²) in [6.45, 7) is 2.71. The summed E-state index contributed by atoms with van der Waals surface area (Å²) in [5.74, 6) is 0.261. The van der Waals surface area contributed by atoms with Crippen LogP contribution in [0.4, 0.5) is 5.82 Å². The maximum Gasteiger partial charge on any atom is 0.248 e. The minimum atomic E-state index is -0.928. The molecule has 92 valence electrons. The van der Waals surface area contributed by atoms with Gasteiger partial charge in [0.1, 0.15) is 11.4 Å². The number of halogens is 1. The molecule has 0 spiro atoms. The standard InChI is InChI=1S/C11H14BrN3O2/c1-7-4-9(14-5-8(7)12)15-10(16)11(13)2-3-17-6-11/h4-5H,2-3,6,13H2,1H3,(H,14,15,16). The van der Waals surface area contributed by atoms with Crippen molar-refractivity contribution in [3.63, 3.8) is 0 Å². The molecule has 0 aromatic carbocycles. The second-order valence-electron chi connectivity index (χ2n) is 4.23. The molecule has 5 nitrogen and oxygen atoms in total. The molecule has 1 fully saturated rings. The molecule has 3 N–H and O–H groups in total. The second-order valence-corrected chi connectivity index (χ2v) is 5.09. The number of nitrogens with zero attached hydrogens (tertiary/aromatic N) is 1. The Morgan fingerprint density at radius 1 is 1.71 bits per heavy atom. The number of ether oxygens (including phenoxy) is 1. The Balaban J connectivity index is 2.10. The zero-order valence-electron chi connectivity index (χ0n) is 9.50. The van der Waals surface area contributed by atoms with E-state index in [1.165, 1.54) is 0 Å². The molecule has 1 amide bonds. The average Bonchev–Trinajstić information content (AvgIpc) is 2.72. The molecule has 6 heteroatoms. The Morgan fingerprint density at radius 2 is 2.47 bits per heavy atom. The smallest absolute Gasteiger partial charge is 0.248 e. The van der Waals surface area contributed by atoms with Crippen LogP contribution in [0.1, 0.15) is 12.0 Å². The molecule has 1 aliphatic heterocycles. The van der Waals surface area contributed by atoms with Gasteiger partial charge in [0, 0.05) is 17.3 Å². The van der Waals surface area contributed by atoms with Crippen LogP contribution in [0, 0.1) is 6.92 Å². The summed E-state index contributed by atoms with van der Waals surface area (Å²) in [7, 11) is 0. The van der Waals surface area contributed by atoms with Gasteiger partial charge in [-0.25, -0.2) is 4.98 Å². The molecule has 1 atom stereocenters. The quantitative estimate of drug-likeness (QED) is 0.860. The number of anilines is 1. The average molecular weight is 300 g/mol. The number of carbonyl (C=O) groups is 1. The Kier molecular flexibility index (Phi) is 3.46. The summed E-state index contributed by atoms with van der Waals surface area (Å²) in [4.78, 5) is 16.1. The van der Waals surface area contributed by atoms with Gasteiger partial charge in [0.25, 0.3) is 0 Å². The van der Waals surface area contributed by atoms with E-state index in [2.05, 4.69) is 26.2 Å². The maximum absolute atomic E-state index is 12.0. The highest BCUT2D eigenvalue weighted by molar-refractivity contribution is 9.10. The lowest BCUT2D eigenvalue weighted by Crippen LogP contribution is -2.51. The van der Waals surface area contributed by atoms with Gasteiger partial charge in [0.05, 0.1) is 6.61 Å². The lowest BCUT2D eigenvalue weighted by molar-refractivity contribution is -0.121. The van der Waals surface area contributed by atoms with Crippen molar-refractivity contribution in [1.29, 1.82) is 0 Å². The molecular formula is C11H14BrN3O2. The van der Waals surface area contributed by atoms with Crippen LogP contribution >= 0.6 is 15.9 Å². The van der Waals surface area contributed by atoms with Gasteiger partial charge in [-0.3, -0.25) is 4.79 Å². The fourth-order valence-electron chi connectivity index (χ4n) is 1.61. The lowest BCUT2D eigenvalue weighted by Gasteiger charge is -2.20. The van der Waals surface area contributed by atoms with Crippen LogP contribution in [-0.4, -0.2) is 29.6 Å². The van der Waals surface area contributed by atoms with Crippen LogP contribution in [0.2, 0.25) is 0 Å². The van der Waals surface area contributed by atoms with E-state index < -0.39 is 5.54 Å².